The molecule has 2 aromatic carbocycles. The smallest absolute Gasteiger partial charge is 0.139 e. The van der Waals surface area contributed by atoms with E-state index in [1.807, 2.05) is 18.2 Å². The Bertz CT molecular complexity index is 506. The Kier molecular flexibility index (Phi) is 8.34. The Morgan fingerprint density at radius 1 is 0.773 bits per heavy atom. The molecule has 0 aliphatic heterocycles. The lowest BCUT2D eigenvalue weighted by Crippen LogP contribution is -2.37. The number of rotatable bonds is 5. The van der Waals surface area contributed by atoms with Crippen molar-refractivity contribution in [3.63, 3.8) is 0 Å². The van der Waals surface area contributed by atoms with Gasteiger partial charge in [0.15, 0.2) is 0 Å². The average Bonchev–Trinajstić information content (AvgIpc) is 2.54. The van der Waals surface area contributed by atoms with Crippen molar-refractivity contribution < 1.29 is 9.47 Å². The van der Waals surface area contributed by atoms with Crippen LogP contribution in [0.3, 0.4) is 0 Å². The Hall–Kier alpha value is -1.21. The van der Waals surface area contributed by atoms with Crippen LogP contribution in [-0.4, -0.2) is 37.7 Å². The molecule has 120 valence electrons. The largest absolute Gasteiger partial charge is 0.360 e. The van der Waals surface area contributed by atoms with Crippen molar-refractivity contribution in [3.8, 4) is 0 Å². The molecule has 22 heavy (non-hydrogen) atoms. The van der Waals surface area contributed by atoms with Gasteiger partial charge in [-0.25, -0.2) is 0 Å². The zero-order valence-corrected chi connectivity index (χ0v) is 16.8. The lowest BCUT2D eigenvalue weighted by molar-refractivity contribution is -0.0429. The third kappa shape index (κ3) is 7.18. The van der Waals surface area contributed by atoms with Crippen LogP contribution in [0.15, 0.2) is 60.7 Å². The van der Waals surface area contributed by atoms with Crippen molar-refractivity contribution in [3.05, 3.63) is 60.7 Å². The van der Waals surface area contributed by atoms with E-state index in [4.69, 9.17) is 9.47 Å². The van der Waals surface area contributed by atoms with E-state index in [-0.39, 0.29) is 5.91 Å². The zero-order valence-electron chi connectivity index (χ0n) is 14.4. The first-order valence-electron chi connectivity index (χ1n) is 7.62. The van der Waals surface area contributed by atoms with Crippen molar-refractivity contribution in [1.29, 1.82) is 0 Å². The van der Waals surface area contributed by atoms with Crippen molar-refractivity contribution in [1.82, 2.24) is 0 Å². The molecule has 0 aliphatic carbocycles. The SMILES string of the molecule is COC(OC)[SiH2]c1ccccc1.C[Si](C)(C)c1ccccc1. The maximum Gasteiger partial charge on any atom is 0.139 e. The molecule has 0 spiro atoms. The summed E-state index contributed by atoms with van der Waals surface area (Å²) in [6, 6.07) is 21.1. The maximum atomic E-state index is 5.14. The molecule has 0 saturated heterocycles. The highest BCUT2D eigenvalue weighted by atomic mass is 28.3. The molecule has 4 heteroatoms. The van der Waals surface area contributed by atoms with Gasteiger partial charge in [-0.1, -0.05) is 90.7 Å². The van der Waals surface area contributed by atoms with Gasteiger partial charge in [0.25, 0.3) is 0 Å². The van der Waals surface area contributed by atoms with Crippen LogP contribution in [-0.2, 0) is 9.47 Å². The van der Waals surface area contributed by atoms with E-state index in [1.165, 1.54) is 10.4 Å². The fourth-order valence-electron chi connectivity index (χ4n) is 2.01. The van der Waals surface area contributed by atoms with Gasteiger partial charge in [-0.15, -0.1) is 0 Å². The molecule has 0 atom stereocenters. The molecule has 0 saturated carbocycles. The summed E-state index contributed by atoms with van der Waals surface area (Å²) in [5.41, 5.74) is 0. The summed E-state index contributed by atoms with van der Waals surface area (Å²) in [6.45, 7) is 7.09. The van der Waals surface area contributed by atoms with Gasteiger partial charge < -0.3 is 9.47 Å². The highest BCUT2D eigenvalue weighted by Gasteiger charge is 2.14. The summed E-state index contributed by atoms with van der Waals surface area (Å²) in [4.78, 5) is 0. The number of hydrogen-bond acceptors (Lipinski definition) is 2. The minimum atomic E-state index is -1.03. The van der Waals surface area contributed by atoms with E-state index in [0.29, 0.717) is 0 Å². The topological polar surface area (TPSA) is 18.5 Å². The third-order valence-electron chi connectivity index (χ3n) is 3.41. The van der Waals surface area contributed by atoms with E-state index in [9.17, 15) is 0 Å². The number of ether oxygens (including phenoxy) is 2. The Labute approximate surface area is 138 Å². The molecule has 0 radical (unpaired) electrons. The summed E-state index contributed by atoms with van der Waals surface area (Å²) in [5, 5.41) is 2.90. The first kappa shape index (κ1) is 18.8. The van der Waals surface area contributed by atoms with Crippen LogP contribution in [0.5, 0.6) is 0 Å². The Morgan fingerprint density at radius 2 is 1.23 bits per heavy atom. The van der Waals surface area contributed by atoms with Gasteiger partial charge in [0.05, 0.1) is 8.07 Å². The molecule has 0 fully saturated rings. The van der Waals surface area contributed by atoms with Gasteiger partial charge in [-0.05, 0) is 0 Å². The Morgan fingerprint density at radius 3 is 1.59 bits per heavy atom. The van der Waals surface area contributed by atoms with Crippen LogP contribution >= 0.6 is 0 Å². The van der Waals surface area contributed by atoms with Crippen LogP contribution < -0.4 is 10.4 Å². The van der Waals surface area contributed by atoms with Crippen LogP contribution in [0.4, 0.5) is 0 Å². The third-order valence-corrected chi connectivity index (χ3v) is 7.42. The fourth-order valence-corrected chi connectivity index (χ4v) is 4.46. The van der Waals surface area contributed by atoms with Gasteiger partial charge in [0.1, 0.15) is 15.4 Å². The first-order chi connectivity index (χ1) is 10.5. The lowest BCUT2D eigenvalue weighted by Gasteiger charge is -2.15. The van der Waals surface area contributed by atoms with E-state index < -0.39 is 17.6 Å². The van der Waals surface area contributed by atoms with Gasteiger partial charge in [-0.3, -0.25) is 0 Å². The van der Waals surface area contributed by atoms with Crippen molar-refractivity contribution in [2.24, 2.45) is 0 Å². The van der Waals surface area contributed by atoms with E-state index >= 15 is 0 Å². The molecule has 0 heterocycles. The van der Waals surface area contributed by atoms with Crippen molar-refractivity contribution in [2.75, 3.05) is 14.2 Å². The summed E-state index contributed by atoms with van der Waals surface area (Å²) in [6.07, 6.45) is 0. The Balaban J connectivity index is 0.000000224. The highest BCUT2D eigenvalue weighted by Crippen LogP contribution is 2.00. The van der Waals surface area contributed by atoms with Crippen LogP contribution in [0.25, 0.3) is 0 Å². The molecule has 0 N–H and O–H groups in total. The van der Waals surface area contributed by atoms with Gasteiger partial charge >= 0.3 is 0 Å². The molecule has 0 unspecified atom stereocenters. The first-order valence-corrected chi connectivity index (χ1v) is 12.6. The van der Waals surface area contributed by atoms with Crippen LogP contribution in [0.2, 0.25) is 19.6 Å². The van der Waals surface area contributed by atoms with Gasteiger partial charge in [-0.2, -0.15) is 0 Å². The quantitative estimate of drug-likeness (QED) is 0.618. The monoisotopic (exact) mass is 332 g/mol. The average molecular weight is 333 g/mol. The molecular formula is C18H28O2Si2. The summed E-state index contributed by atoms with van der Waals surface area (Å²) < 4.78 is 10.3. The minimum Gasteiger partial charge on any atom is -0.360 e. The molecule has 2 aromatic rings. The molecular weight excluding hydrogens is 304 g/mol. The predicted octanol–water partition coefficient (Wildman–Crippen LogP) is 2.29. The van der Waals surface area contributed by atoms with E-state index in [2.05, 4.69) is 62.1 Å². The van der Waals surface area contributed by atoms with Crippen molar-refractivity contribution in [2.45, 2.75) is 25.6 Å². The van der Waals surface area contributed by atoms with Gasteiger partial charge in [0, 0.05) is 14.2 Å². The standard InChI is InChI=1S/C9H14O2Si.C9H14Si/c1-10-9(11-2)12-8-6-4-3-5-7-8;1-10(2,3)9-7-5-4-6-8-9/h3-7,9H,12H2,1-2H3;4-8H,1-3H3. The van der Waals surface area contributed by atoms with Crippen LogP contribution in [0.1, 0.15) is 0 Å². The predicted molar refractivity (Wildman–Crippen MR) is 102 cm³/mol. The number of hydrogen-bond donors (Lipinski definition) is 0. The number of benzene rings is 2. The highest BCUT2D eigenvalue weighted by molar-refractivity contribution is 6.88. The maximum absolute atomic E-state index is 5.14. The molecule has 2 rings (SSSR count). The summed E-state index contributed by atoms with van der Waals surface area (Å²) in [5.74, 6) is 0.00685. The molecule has 0 aliphatic rings. The normalized spacial score (nSPS) is 11.5. The zero-order chi connectivity index (χ0) is 16.4. The lowest BCUT2D eigenvalue weighted by atomic mass is 10.4. The van der Waals surface area contributed by atoms with Gasteiger partial charge in [0.2, 0.25) is 0 Å². The molecule has 0 amide bonds. The second-order valence-corrected chi connectivity index (χ2v) is 13.2. The molecule has 0 bridgehead atoms. The molecule has 2 nitrogen and oxygen atoms in total. The summed E-state index contributed by atoms with van der Waals surface area (Å²) >= 11 is 0. The van der Waals surface area contributed by atoms with Crippen LogP contribution in [0, 0.1) is 0 Å². The van der Waals surface area contributed by atoms with E-state index in [0.717, 1.165) is 0 Å². The fraction of sp³-hybridized carbons (Fsp3) is 0.333. The number of methoxy groups -OCH3 is 2. The summed E-state index contributed by atoms with van der Waals surface area (Å²) in [7, 11) is 1.89. The van der Waals surface area contributed by atoms with E-state index in [1.54, 1.807) is 14.2 Å². The van der Waals surface area contributed by atoms with Crippen molar-refractivity contribution >= 4 is 28.0 Å². The minimum absolute atomic E-state index is 0.00685. The second-order valence-electron chi connectivity index (χ2n) is 6.21. The second kappa shape index (κ2) is 9.74. The molecule has 0 aromatic heterocycles.